The lowest BCUT2D eigenvalue weighted by Gasteiger charge is -2.15. The smallest absolute Gasteiger partial charge is 0.381 e. The Morgan fingerprint density at radius 3 is 2.53 bits per heavy atom. The van der Waals surface area contributed by atoms with Gasteiger partial charge in [0.2, 0.25) is 0 Å². The highest BCUT2D eigenvalue weighted by Gasteiger charge is 2.62. The highest BCUT2D eigenvalue weighted by Crippen LogP contribution is 2.65. The molecule has 2 rings (SSSR count). The molecule has 2 atom stereocenters. The summed E-state index contributed by atoms with van der Waals surface area (Å²) in [5, 5.41) is 0. The molecule has 1 unspecified atom stereocenters. The summed E-state index contributed by atoms with van der Waals surface area (Å²) < 4.78 is 62.6. The third kappa shape index (κ3) is 1.94. The summed E-state index contributed by atoms with van der Waals surface area (Å²) >= 11 is 0. The van der Waals surface area contributed by atoms with Crippen LogP contribution in [0.1, 0.15) is 26.7 Å². The number of allylic oxidation sites excluding steroid dienone is 2. The Balaban J connectivity index is 2.19. The maximum absolute atomic E-state index is 12.2. The fourth-order valence-electron chi connectivity index (χ4n) is 2.64. The van der Waals surface area contributed by atoms with Gasteiger partial charge in [-0.3, -0.25) is 0 Å². The Kier molecular flexibility index (Phi) is 2.54. The number of fused-ring (bicyclic) bond motifs is 1. The van der Waals surface area contributed by atoms with Gasteiger partial charge in [0.15, 0.2) is 0 Å². The number of hydrogen-bond donors (Lipinski definition) is 0. The van der Waals surface area contributed by atoms with E-state index in [2.05, 4.69) is 4.18 Å². The van der Waals surface area contributed by atoms with E-state index in [1.54, 1.807) is 0 Å². The van der Waals surface area contributed by atoms with Crippen molar-refractivity contribution in [2.45, 2.75) is 32.2 Å². The monoisotopic (exact) mass is 270 g/mol. The van der Waals surface area contributed by atoms with Gasteiger partial charge in [-0.15, -0.1) is 0 Å². The molecular formula is C10H13F3O3S. The van der Waals surface area contributed by atoms with Gasteiger partial charge in [-0.1, -0.05) is 13.8 Å². The topological polar surface area (TPSA) is 43.4 Å². The van der Waals surface area contributed by atoms with Crippen LogP contribution in [0.25, 0.3) is 0 Å². The van der Waals surface area contributed by atoms with Gasteiger partial charge in [-0.05, 0) is 30.3 Å². The first-order valence-corrected chi connectivity index (χ1v) is 6.69. The standard InChI is InChI=1S/C10H13F3O3S/c1-9(2)6-4-3-5-7(8(6)9)16-17(14,15)10(11,12)13/h5-6,8H,3-4H2,1-2H3/t6?,8-/m0/s1. The first kappa shape index (κ1) is 12.7. The molecule has 7 heteroatoms. The van der Waals surface area contributed by atoms with Gasteiger partial charge in [0.25, 0.3) is 0 Å². The highest BCUT2D eigenvalue weighted by molar-refractivity contribution is 7.87. The molecule has 1 fully saturated rings. The summed E-state index contributed by atoms with van der Waals surface area (Å²) in [7, 11) is -5.52. The molecule has 0 aliphatic heterocycles. The quantitative estimate of drug-likeness (QED) is 0.572. The van der Waals surface area contributed by atoms with Gasteiger partial charge in [-0.2, -0.15) is 21.6 Å². The minimum atomic E-state index is -5.52. The molecule has 3 nitrogen and oxygen atoms in total. The van der Waals surface area contributed by atoms with Crippen LogP contribution in [-0.4, -0.2) is 13.9 Å². The SMILES string of the molecule is CC1(C)C2CCC=C(OS(=O)(=O)C(F)(F)F)[C@H]21. The highest BCUT2D eigenvalue weighted by atomic mass is 32.2. The molecule has 17 heavy (non-hydrogen) atoms. The van der Waals surface area contributed by atoms with Crippen molar-refractivity contribution < 1.29 is 25.8 Å². The molecule has 0 aromatic heterocycles. The van der Waals surface area contributed by atoms with E-state index >= 15 is 0 Å². The molecule has 0 N–H and O–H groups in total. The molecule has 0 saturated heterocycles. The first-order chi connectivity index (χ1) is 7.57. The molecule has 0 radical (unpaired) electrons. The van der Waals surface area contributed by atoms with E-state index in [4.69, 9.17) is 0 Å². The van der Waals surface area contributed by atoms with Crippen LogP contribution in [0.2, 0.25) is 0 Å². The van der Waals surface area contributed by atoms with E-state index in [9.17, 15) is 21.6 Å². The van der Waals surface area contributed by atoms with Crippen LogP contribution in [0.3, 0.4) is 0 Å². The number of hydrogen-bond acceptors (Lipinski definition) is 3. The summed E-state index contributed by atoms with van der Waals surface area (Å²) in [5.41, 5.74) is -5.52. The lowest BCUT2D eigenvalue weighted by molar-refractivity contribution is -0.0526. The number of alkyl halides is 3. The molecule has 0 bridgehead atoms. The summed E-state index contributed by atoms with van der Waals surface area (Å²) in [6.45, 7) is 3.82. The van der Waals surface area contributed by atoms with Crippen LogP contribution in [0.5, 0.6) is 0 Å². The van der Waals surface area contributed by atoms with Crippen LogP contribution < -0.4 is 0 Å². The maximum atomic E-state index is 12.2. The number of rotatable bonds is 2. The second kappa shape index (κ2) is 3.40. The van der Waals surface area contributed by atoms with Gasteiger partial charge < -0.3 is 4.18 Å². The lowest BCUT2D eigenvalue weighted by Crippen LogP contribution is -2.26. The maximum Gasteiger partial charge on any atom is 0.534 e. The van der Waals surface area contributed by atoms with E-state index in [0.717, 1.165) is 6.42 Å². The molecule has 0 aromatic rings. The Hall–Kier alpha value is -0.720. The van der Waals surface area contributed by atoms with Crippen molar-refractivity contribution in [1.82, 2.24) is 0 Å². The minimum absolute atomic E-state index is 0.0384. The second-order valence-electron chi connectivity index (χ2n) is 5.07. The Bertz CT molecular complexity index is 462. The zero-order valence-corrected chi connectivity index (χ0v) is 10.2. The molecule has 0 aromatic carbocycles. The third-order valence-corrected chi connectivity index (χ3v) is 4.65. The van der Waals surface area contributed by atoms with Crippen molar-refractivity contribution in [3.8, 4) is 0 Å². The lowest BCUT2D eigenvalue weighted by atomic mass is 10.1. The van der Waals surface area contributed by atoms with Crippen molar-refractivity contribution in [2.75, 3.05) is 0 Å². The Labute approximate surface area is 97.8 Å². The molecule has 2 aliphatic rings. The molecule has 0 heterocycles. The number of halogens is 3. The van der Waals surface area contributed by atoms with E-state index in [1.807, 2.05) is 13.8 Å². The third-order valence-electron chi connectivity index (χ3n) is 3.67. The van der Waals surface area contributed by atoms with Crippen molar-refractivity contribution in [2.24, 2.45) is 17.3 Å². The molecule has 1 saturated carbocycles. The van der Waals surface area contributed by atoms with Crippen LogP contribution in [-0.2, 0) is 14.3 Å². The summed E-state index contributed by atoms with van der Waals surface area (Å²) in [6, 6.07) is 0. The predicted molar refractivity (Wildman–Crippen MR) is 54.1 cm³/mol. The Morgan fingerprint density at radius 2 is 2.00 bits per heavy atom. The zero-order valence-electron chi connectivity index (χ0n) is 9.41. The first-order valence-electron chi connectivity index (χ1n) is 5.28. The summed E-state index contributed by atoms with van der Waals surface area (Å²) in [4.78, 5) is 0. The average Bonchev–Trinajstić information content (AvgIpc) is 2.68. The normalized spacial score (nSPS) is 31.5. The molecule has 2 aliphatic carbocycles. The summed E-state index contributed by atoms with van der Waals surface area (Å²) in [5.74, 6) is -0.0112. The zero-order chi connectivity index (χ0) is 13.1. The fourth-order valence-corrected chi connectivity index (χ4v) is 3.16. The van der Waals surface area contributed by atoms with Crippen molar-refractivity contribution in [1.29, 1.82) is 0 Å². The van der Waals surface area contributed by atoms with Crippen molar-refractivity contribution in [3.63, 3.8) is 0 Å². The summed E-state index contributed by atoms with van der Waals surface area (Å²) in [6.07, 6.45) is 2.89. The van der Waals surface area contributed by atoms with Gasteiger partial charge in [0.1, 0.15) is 5.76 Å². The predicted octanol–water partition coefficient (Wildman–Crippen LogP) is 2.80. The van der Waals surface area contributed by atoms with Crippen LogP contribution >= 0.6 is 0 Å². The van der Waals surface area contributed by atoms with E-state index in [0.29, 0.717) is 6.42 Å². The largest absolute Gasteiger partial charge is 0.534 e. The van der Waals surface area contributed by atoms with Crippen molar-refractivity contribution >= 4 is 10.1 Å². The van der Waals surface area contributed by atoms with E-state index in [-0.39, 0.29) is 23.0 Å². The second-order valence-corrected chi connectivity index (χ2v) is 6.61. The van der Waals surface area contributed by atoms with Crippen LogP contribution in [0.15, 0.2) is 11.8 Å². The molecule has 98 valence electrons. The van der Waals surface area contributed by atoms with Gasteiger partial charge >= 0.3 is 15.6 Å². The fraction of sp³-hybridized carbons (Fsp3) is 0.800. The van der Waals surface area contributed by atoms with Crippen molar-refractivity contribution in [3.05, 3.63) is 11.8 Å². The Morgan fingerprint density at radius 1 is 1.41 bits per heavy atom. The minimum Gasteiger partial charge on any atom is -0.381 e. The van der Waals surface area contributed by atoms with Gasteiger partial charge in [0, 0.05) is 5.92 Å². The molecular weight excluding hydrogens is 257 g/mol. The van der Waals surface area contributed by atoms with Crippen LogP contribution in [0.4, 0.5) is 13.2 Å². The van der Waals surface area contributed by atoms with Gasteiger partial charge in [0.05, 0.1) is 0 Å². The molecule has 0 spiro atoms. The average molecular weight is 270 g/mol. The van der Waals surface area contributed by atoms with E-state index in [1.165, 1.54) is 6.08 Å². The van der Waals surface area contributed by atoms with Crippen LogP contribution in [0, 0.1) is 17.3 Å². The van der Waals surface area contributed by atoms with E-state index < -0.39 is 15.6 Å². The molecule has 0 amide bonds. The van der Waals surface area contributed by atoms with Gasteiger partial charge in [-0.25, -0.2) is 0 Å².